The zero-order valence-corrected chi connectivity index (χ0v) is 20.9. The van der Waals surface area contributed by atoms with Crippen molar-refractivity contribution < 1.29 is 23.8 Å². The average molecular weight is 482 g/mol. The number of nitrogens with zero attached hydrogens (tertiary/aromatic N) is 3. The van der Waals surface area contributed by atoms with Crippen LogP contribution in [0.1, 0.15) is 24.0 Å². The van der Waals surface area contributed by atoms with E-state index in [1.54, 1.807) is 21.3 Å². The molecule has 2 heterocycles. The molecule has 0 saturated carbocycles. The van der Waals surface area contributed by atoms with E-state index in [1.807, 2.05) is 41.3 Å². The van der Waals surface area contributed by atoms with Crippen LogP contribution in [0.15, 0.2) is 48.5 Å². The minimum absolute atomic E-state index is 0.0848. The van der Waals surface area contributed by atoms with Crippen LogP contribution in [0.3, 0.4) is 0 Å². The predicted octanol–water partition coefficient (Wildman–Crippen LogP) is 3.19. The van der Waals surface area contributed by atoms with Crippen molar-refractivity contribution in [2.24, 2.45) is 0 Å². The zero-order chi connectivity index (χ0) is 24.8. The number of carbonyl (C=O) groups excluding carboxylic acids is 2. The van der Waals surface area contributed by atoms with Crippen LogP contribution in [0, 0.1) is 0 Å². The molecule has 0 aliphatic carbocycles. The highest BCUT2D eigenvalue weighted by Gasteiger charge is 2.57. The van der Waals surface area contributed by atoms with Crippen molar-refractivity contribution >= 4 is 11.9 Å². The van der Waals surface area contributed by atoms with Crippen LogP contribution < -0.4 is 9.47 Å². The molecule has 2 aromatic carbocycles. The number of hydrogen-bond acceptors (Lipinski definition) is 6. The number of imide groups is 1. The molecule has 1 spiro atoms. The van der Waals surface area contributed by atoms with E-state index in [-0.39, 0.29) is 18.5 Å². The van der Waals surface area contributed by atoms with Gasteiger partial charge >= 0.3 is 6.03 Å². The summed E-state index contributed by atoms with van der Waals surface area (Å²) in [5.74, 6) is 1.55. The van der Waals surface area contributed by atoms with E-state index in [2.05, 4.69) is 17.0 Å². The summed E-state index contributed by atoms with van der Waals surface area (Å²) < 4.78 is 15.7. The zero-order valence-electron chi connectivity index (χ0n) is 20.9. The van der Waals surface area contributed by atoms with Crippen molar-refractivity contribution in [3.8, 4) is 11.5 Å². The second-order valence-electron chi connectivity index (χ2n) is 9.14. The van der Waals surface area contributed by atoms with E-state index in [4.69, 9.17) is 14.2 Å². The summed E-state index contributed by atoms with van der Waals surface area (Å²) in [6.07, 6.45) is 1.93. The van der Waals surface area contributed by atoms with Crippen molar-refractivity contribution in [3.63, 3.8) is 0 Å². The van der Waals surface area contributed by atoms with Gasteiger partial charge in [-0.15, -0.1) is 0 Å². The van der Waals surface area contributed by atoms with Crippen molar-refractivity contribution in [3.05, 3.63) is 59.7 Å². The Labute approximate surface area is 207 Å². The fourth-order valence-corrected chi connectivity index (χ4v) is 5.06. The van der Waals surface area contributed by atoms with Crippen LogP contribution in [-0.4, -0.2) is 86.3 Å². The molecule has 2 aromatic rings. The third kappa shape index (κ3) is 5.28. The summed E-state index contributed by atoms with van der Waals surface area (Å²) in [5.41, 5.74) is 1.52. The van der Waals surface area contributed by atoms with Crippen LogP contribution in [0.25, 0.3) is 0 Å². The number of benzene rings is 2. The van der Waals surface area contributed by atoms with Gasteiger partial charge in [0.1, 0.15) is 17.0 Å². The molecule has 0 atom stereocenters. The molecular formula is C27H35N3O5. The van der Waals surface area contributed by atoms with E-state index in [9.17, 15) is 9.59 Å². The lowest BCUT2D eigenvalue weighted by Gasteiger charge is -2.42. The maximum atomic E-state index is 13.6. The summed E-state index contributed by atoms with van der Waals surface area (Å²) in [7, 11) is 4.89. The quantitative estimate of drug-likeness (QED) is 0.486. The van der Waals surface area contributed by atoms with Crippen LogP contribution in [0.5, 0.6) is 11.5 Å². The smallest absolute Gasteiger partial charge is 0.327 e. The molecule has 35 heavy (non-hydrogen) atoms. The molecule has 0 aromatic heterocycles. The van der Waals surface area contributed by atoms with Crippen LogP contribution >= 0.6 is 0 Å². The number of amides is 3. The summed E-state index contributed by atoms with van der Waals surface area (Å²) in [5, 5.41) is 0. The topological polar surface area (TPSA) is 71.6 Å². The lowest BCUT2D eigenvalue weighted by molar-refractivity contribution is -0.136. The number of hydrogen-bond donors (Lipinski definition) is 0. The summed E-state index contributed by atoms with van der Waals surface area (Å²) >= 11 is 0. The third-order valence-corrected chi connectivity index (χ3v) is 7.17. The molecule has 2 fully saturated rings. The molecule has 3 amide bonds. The average Bonchev–Trinajstić information content (AvgIpc) is 3.08. The predicted molar refractivity (Wildman–Crippen MR) is 133 cm³/mol. The van der Waals surface area contributed by atoms with Gasteiger partial charge in [0.05, 0.1) is 27.4 Å². The van der Waals surface area contributed by atoms with Gasteiger partial charge in [0, 0.05) is 33.3 Å². The third-order valence-electron chi connectivity index (χ3n) is 7.17. The number of likely N-dealkylation sites (tertiary alicyclic amines) is 1. The molecule has 2 saturated heterocycles. The summed E-state index contributed by atoms with van der Waals surface area (Å²) in [6.45, 7) is 3.43. The largest absolute Gasteiger partial charge is 0.497 e. The van der Waals surface area contributed by atoms with Crippen LogP contribution in [-0.2, 0) is 22.5 Å². The van der Waals surface area contributed by atoms with Crippen molar-refractivity contribution in [2.45, 2.75) is 31.3 Å². The number of urea groups is 1. The van der Waals surface area contributed by atoms with E-state index >= 15 is 0 Å². The number of methoxy groups -OCH3 is 3. The van der Waals surface area contributed by atoms with Crippen molar-refractivity contribution in [1.29, 1.82) is 0 Å². The van der Waals surface area contributed by atoms with Crippen LogP contribution in [0.4, 0.5) is 4.79 Å². The van der Waals surface area contributed by atoms with Crippen molar-refractivity contribution in [1.82, 2.24) is 14.7 Å². The SMILES string of the molecule is COCCN1C(=O)N(CCc2ccc(OC)cc2)C2(CCN(Cc3ccc(OC)cc3)CC2)C1=O. The molecule has 0 N–H and O–H groups in total. The molecular weight excluding hydrogens is 446 g/mol. The first-order chi connectivity index (χ1) is 17.0. The standard InChI is InChI=1S/C27H35N3O5/c1-33-19-18-29-25(31)27(30(26(29)32)15-12-21-4-8-23(34-2)9-5-21)13-16-28(17-14-27)20-22-6-10-24(35-3)11-7-22/h4-11H,12-20H2,1-3H3. The highest BCUT2D eigenvalue weighted by atomic mass is 16.5. The first-order valence-electron chi connectivity index (χ1n) is 12.1. The van der Waals surface area contributed by atoms with Crippen LogP contribution in [0.2, 0.25) is 0 Å². The second-order valence-corrected chi connectivity index (χ2v) is 9.14. The molecule has 0 unspecified atom stereocenters. The first-order valence-corrected chi connectivity index (χ1v) is 12.1. The molecule has 0 bridgehead atoms. The van der Waals surface area contributed by atoms with E-state index < -0.39 is 5.54 Å². The monoisotopic (exact) mass is 481 g/mol. The van der Waals surface area contributed by atoms with Gasteiger partial charge in [-0.3, -0.25) is 14.6 Å². The van der Waals surface area contributed by atoms with Gasteiger partial charge in [0.15, 0.2) is 0 Å². The number of carbonyl (C=O) groups is 2. The Hall–Kier alpha value is -3.10. The minimum atomic E-state index is -0.784. The molecule has 8 heteroatoms. The Morgan fingerprint density at radius 2 is 1.37 bits per heavy atom. The molecule has 4 rings (SSSR count). The number of piperidine rings is 1. The van der Waals surface area contributed by atoms with Gasteiger partial charge in [-0.2, -0.15) is 0 Å². The van der Waals surface area contributed by atoms with Gasteiger partial charge in [-0.05, 0) is 54.7 Å². The Kier molecular flexibility index (Phi) is 7.93. The summed E-state index contributed by atoms with van der Waals surface area (Å²) in [6, 6.07) is 15.7. The lowest BCUT2D eigenvalue weighted by Crippen LogP contribution is -2.56. The highest BCUT2D eigenvalue weighted by Crippen LogP contribution is 2.38. The molecule has 8 nitrogen and oxygen atoms in total. The molecule has 2 aliphatic rings. The number of rotatable bonds is 10. The van der Waals surface area contributed by atoms with E-state index in [0.29, 0.717) is 32.4 Å². The molecule has 0 radical (unpaired) electrons. The minimum Gasteiger partial charge on any atom is -0.497 e. The fourth-order valence-electron chi connectivity index (χ4n) is 5.06. The molecule has 2 aliphatic heterocycles. The van der Waals surface area contributed by atoms with E-state index in [0.717, 1.165) is 36.7 Å². The van der Waals surface area contributed by atoms with Gasteiger partial charge < -0.3 is 19.1 Å². The van der Waals surface area contributed by atoms with Crippen molar-refractivity contribution in [2.75, 3.05) is 54.1 Å². The Morgan fingerprint density at radius 3 is 1.91 bits per heavy atom. The Balaban J connectivity index is 1.46. The van der Waals surface area contributed by atoms with Gasteiger partial charge in [0.2, 0.25) is 0 Å². The Morgan fingerprint density at radius 1 is 0.800 bits per heavy atom. The summed E-state index contributed by atoms with van der Waals surface area (Å²) in [4.78, 5) is 32.5. The normalized spacial score (nSPS) is 17.9. The Bertz CT molecular complexity index is 1000. The highest BCUT2D eigenvalue weighted by molar-refractivity contribution is 6.07. The van der Waals surface area contributed by atoms with Gasteiger partial charge in [-0.25, -0.2) is 4.79 Å². The van der Waals surface area contributed by atoms with E-state index in [1.165, 1.54) is 10.5 Å². The maximum Gasteiger partial charge on any atom is 0.327 e. The second kappa shape index (κ2) is 11.1. The number of ether oxygens (including phenoxy) is 3. The molecule has 188 valence electrons. The van der Waals surface area contributed by atoms with Gasteiger partial charge in [0.25, 0.3) is 5.91 Å². The fraction of sp³-hybridized carbons (Fsp3) is 0.481. The maximum absolute atomic E-state index is 13.6. The van der Waals surface area contributed by atoms with Gasteiger partial charge in [-0.1, -0.05) is 24.3 Å². The first kappa shape index (κ1) is 25.0. The lowest BCUT2D eigenvalue weighted by atomic mass is 9.85.